The van der Waals surface area contributed by atoms with E-state index in [0.29, 0.717) is 5.92 Å². The van der Waals surface area contributed by atoms with Crippen LogP contribution in [0.15, 0.2) is 0 Å². The van der Waals surface area contributed by atoms with Gasteiger partial charge in [0.15, 0.2) is 0 Å². The maximum Gasteiger partial charge on any atom is 0.0587 e. The Labute approximate surface area is 88.1 Å². The molecule has 0 aromatic heterocycles. The lowest BCUT2D eigenvalue weighted by Crippen LogP contribution is -2.40. The normalized spacial score (nSPS) is 21.4. The first kappa shape index (κ1) is 12.0. The SMILES string of the molecule is CC(C)[C@@H](CO)NCC1CCCCC1. The van der Waals surface area contributed by atoms with Crippen LogP contribution in [0, 0.1) is 11.8 Å². The lowest BCUT2D eigenvalue weighted by atomic mass is 9.89. The van der Waals surface area contributed by atoms with Crippen LogP contribution in [-0.4, -0.2) is 24.3 Å². The van der Waals surface area contributed by atoms with Crippen molar-refractivity contribution < 1.29 is 5.11 Å². The molecule has 1 atom stereocenters. The third-order valence-electron chi connectivity index (χ3n) is 3.39. The first-order valence-electron chi connectivity index (χ1n) is 6.08. The summed E-state index contributed by atoms with van der Waals surface area (Å²) in [7, 11) is 0. The van der Waals surface area contributed by atoms with Gasteiger partial charge in [0, 0.05) is 6.04 Å². The van der Waals surface area contributed by atoms with Crippen LogP contribution < -0.4 is 5.32 Å². The molecular weight excluding hydrogens is 174 g/mol. The van der Waals surface area contributed by atoms with Crippen molar-refractivity contribution >= 4 is 0 Å². The number of hydrogen-bond donors (Lipinski definition) is 2. The average Bonchev–Trinajstić information content (AvgIpc) is 2.20. The molecule has 0 spiro atoms. The molecule has 0 aliphatic heterocycles. The zero-order chi connectivity index (χ0) is 10.4. The number of nitrogens with one attached hydrogen (secondary N) is 1. The smallest absolute Gasteiger partial charge is 0.0587 e. The standard InChI is InChI=1S/C12H25NO/c1-10(2)12(9-14)13-8-11-6-4-3-5-7-11/h10-14H,3-9H2,1-2H3/t12-/m1/s1. The lowest BCUT2D eigenvalue weighted by molar-refractivity contribution is 0.199. The minimum atomic E-state index is 0.268. The summed E-state index contributed by atoms with van der Waals surface area (Å²) in [6.07, 6.45) is 6.98. The van der Waals surface area contributed by atoms with Crippen LogP contribution in [0.5, 0.6) is 0 Å². The summed E-state index contributed by atoms with van der Waals surface area (Å²) < 4.78 is 0. The first-order chi connectivity index (χ1) is 6.74. The molecule has 14 heavy (non-hydrogen) atoms. The van der Waals surface area contributed by atoms with E-state index >= 15 is 0 Å². The largest absolute Gasteiger partial charge is 0.395 e. The summed E-state index contributed by atoms with van der Waals surface area (Å²) in [5.41, 5.74) is 0. The van der Waals surface area contributed by atoms with Gasteiger partial charge in [-0.1, -0.05) is 33.1 Å². The van der Waals surface area contributed by atoms with Crippen molar-refractivity contribution in [2.75, 3.05) is 13.2 Å². The molecule has 0 amide bonds. The summed E-state index contributed by atoms with van der Waals surface area (Å²) >= 11 is 0. The van der Waals surface area contributed by atoms with Gasteiger partial charge in [-0.05, 0) is 31.2 Å². The van der Waals surface area contributed by atoms with Crippen LogP contribution >= 0.6 is 0 Å². The Morgan fingerprint density at radius 3 is 2.36 bits per heavy atom. The Balaban J connectivity index is 2.16. The quantitative estimate of drug-likeness (QED) is 0.711. The summed E-state index contributed by atoms with van der Waals surface area (Å²) in [5, 5.41) is 12.7. The van der Waals surface area contributed by atoms with Gasteiger partial charge in [-0.3, -0.25) is 0 Å². The summed E-state index contributed by atoms with van der Waals surface area (Å²) in [6, 6.07) is 0.289. The van der Waals surface area contributed by atoms with Crippen molar-refractivity contribution in [1.29, 1.82) is 0 Å². The van der Waals surface area contributed by atoms with Crippen molar-refractivity contribution in [3.63, 3.8) is 0 Å². The van der Waals surface area contributed by atoms with Gasteiger partial charge in [-0.15, -0.1) is 0 Å². The molecule has 0 aromatic rings. The Morgan fingerprint density at radius 2 is 1.86 bits per heavy atom. The fraction of sp³-hybridized carbons (Fsp3) is 1.00. The number of aliphatic hydroxyl groups excluding tert-OH is 1. The topological polar surface area (TPSA) is 32.3 Å². The van der Waals surface area contributed by atoms with Gasteiger partial charge in [0.25, 0.3) is 0 Å². The third-order valence-corrected chi connectivity index (χ3v) is 3.39. The highest BCUT2D eigenvalue weighted by Crippen LogP contribution is 2.23. The molecule has 1 fully saturated rings. The zero-order valence-electron chi connectivity index (χ0n) is 9.63. The number of aliphatic hydroxyl groups is 1. The predicted octanol–water partition coefficient (Wildman–Crippen LogP) is 2.17. The molecule has 2 heteroatoms. The van der Waals surface area contributed by atoms with E-state index in [1.807, 2.05) is 0 Å². The van der Waals surface area contributed by atoms with E-state index < -0.39 is 0 Å². The minimum Gasteiger partial charge on any atom is -0.395 e. The molecule has 0 unspecified atom stereocenters. The average molecular weight is 199 g/mol. The fourth-order valence-electron chi connectivity index (χ4n) is 2.22. The van der Waals surface area contributed by atoms with Gasteiger partial charge in [0.05, 0.1) is 6.61 Å². The van der Waals surface area contributed by atoms with E-state index in [9.17, 15) is 0 Å². The van der Waals surface area contributed by atoms with Crippen LogP contribution in [0.2, 0.25) is 0 Å². The highest BCUT2D eigenvalue weighted by Gasteiger charge is 2.16. The van der Waals surface area contributed by atoms with E-state index in [2.05, 4.69) is 19.2 Å². The monoisotopic (exact) mass is 199 g/mol. The Morgan fingerprint density at radius 1 is 1.21 bits per heavy atom. The van der Waals surface area contributed by atoms with Crippen molar-refractivity contribution in [3.05, 3.63) is 0 Å². The van der Waals surface area contributed by atoms with Crippen molar-refractivity contribution in [3.8, 4) is 0 Å². The number of hydrogen-bond acceptors (Lipinski definition) is 2. The molecule has 0 bridgehead atoms. The van der Waals surface area contributed by atoms with Gasteiger partial charge in [-0.2, -0.15) is 0 Å². The third kappa shape index (κ3) is 3.97. The molecule has 1 rings (SSSR count). The molecular formula is C12H25NO. The van der Waals surface area contributed by atoms with Crippen molar-refractivity contribution in [2.24, 2.45) is 11.8 Å². The van der Waals surface area contributed by atoms with E-state index in [0.717, 1.165) is 12.5 Å². The molecule has 84 valence electrons. The zero-order valence-corrected chi connectivity index (χ0v) is 9.63. The molecule has 1 aliphatic carbocycles. The van der Waals surface area contributed by atoms with Gasteiger partial charge in [0.2, 0.25) is 0 Å². The Hall–Kier alpha value is -0.0800. The van der Waals surface area contributed by atoms with Crippen LogP contribution in [0.4, 0.5) is 0 Å². The van der Waals surface area contributed by atoms with Gasteiger partial charge < -0.3 is 10.4 Å². The molecule has 0 heterocycles. The summed E-state index contributed by atoms with van der Waals surface area (Å²) in [6.45, 7) is 5.69. The van der Waals surface area contributed by atoms with E-state index in [1.54, 1.807) is 0 Å². The highest BCUT2D eigenvalue weighted by atomic mass is 16.3. The molecule has 0 radical (unpaired) electrons. The van der Waals surface area contributed by atoms with Crippen LogP contribution in [0.3, 0.4) is 0 Å². The minimum absolute atomic E-state index is 0.268. The Kier molecular flexibility index (Phi) is 5.49. The molecule has 0 saturated heterocycles. The predicted molar refractivity (Wildman–Crippen MR) is 60.3 cm³/mol. The number of rotatable bonds is 5. The van der Waals surface area contributed by atoms with Crippen molar-refractivity contribution in [2.45, 2.75) is 52.0 Å². The van der Waals surface area contributed by atoms with E-state index in [1.165, 1.54) is 32.1 Å². The van der Waals surface area contributed by atoms with Crippen molar-refractivity contribution in [1.82, 2.24) is 5.32 Å². The second-order valence-electron chi connectivity index (χ2n) is 4.95. The molecule has 2 N–H and O–H groups in total. The molecule has 0 aromatic carbocycles. The maximum absolute atomic E-state index is 9.16. The second-order valence-corrected chi connectivity index (χ2v) is 4.95. The Bertz CT molecular complexity index is 141. The molecule has 1 saturated carbocycles. The van der Waals surface area contributed by atoms with Gasteiger partial charge in [0.1, 0.15) is 0 Å². The van der Waals surface area contributed by atoms with Gasteiger partial charge in [-0.25, -0.2) is 0 Å². The van der Waals surface area contributed by atoms with E-state index in [-0.39, 0.29) is 12.6 Å². The highest BCUT2D eigenvalue weighted by molar-refractivity contribution is 4.73. The van der Waals surface area contributed by atoms with Crippen LogP contribution in [-0.2, 0) is 0 Å². The lowest BCUT2D eigenvalue weighted by Gasteiger charge is -2.26. The fourth-order valence-corrected chi connectivity index (χ4v) is 2.22. The van der Waals surface area contributed by atoms with E-state index in [4.69, 9.17) is 5.11 Å². The first-order valence-corrected chi connectivity index (χ1v) is 6.08. The van der Waals surface area contributed by atoms with Crippen LogP contribution in [0.1, 0.15) is 46.0 Å². The summed E-state index contributed by atoms with van der Waals surface area (Å²) in [4.78, 5) is 0. The van der Waals surface area contributed by atoms with Crippen LogP contribution in [0.25, 0.3) is 0 Å². The van der Waals surface area contributed by atoms with Gasteiger partial charge >= 0.3 is 0 Å². The summed E-state index contributed by atoms with van der Waals surface area (Å²) in [5.74, 6) is 1.39. The second kappa shape index (κ2) is 6.41. The maximum atomic E-state index is 9.16. The molecule has 1 aliphatic rings. The molecule has 2 nitrogen and oxygen atoms in total.